The first-order chi connectivity index (χ1) is 12.0. The van der Waals surface area contributed by atoms with Gasteiger partial charge < -0.3 is 10.1 Å². The number of urea groups is 1. The van der Waals surface area contributed by atoms with Crippen molar-refractivity contribution < 1.29 is 14.3 Å². The fraction of sp³-hybridized carbons (Fsp3) is 0.579. The standard InChI is InChI=1S/C19H23IN2O3/c20-15-3-1-2-4-16(15)25-11-17(23)21-18(24)22-19-8-12-5-13(9-19)7-14(6-12)10-19/h1-4,12-14H,5-11H2,(H2,21,22,23,24). The van der Waals surface area contributed by atoms with Crippen LogP contribution < -0.4 is 15.4 Å². The molecule has 4 fully saturated rings. The third kappa shape index (κ3) is 3.78. The van der Waals surface area contributed by atoms with Crippen molar-refractivity contribution in [3.63, 3.8) is 0 Å². The van der Waals surface area contributed by atoms with Gasteiger partial charge in [-0.05, 0) is 91.0 Å². The van der Waals surface area contributed by atoms with Crippen molar-refractivity contribution in [1.29, 1.82) is 0 Å². The zero-order chi connectivity index (χ0) is 17.4. The van der Waals surface area contributed by atoms with Gasteiger partial charge in [-0.2, -0.15) is 0 Å². The van der Waals surface area contributed by atoms with Crippen LogP contribution in [-0.4, -0.2) is 24.1 Å². The molecule has 3 amide bonds. The van der Waals surface area contributed by atoms with Crippen molar-refractivity contribution in [2.45, 2.75) is 44.1 Å². The number of hydrogen-bond donors (Lipinski definition) is 2. The molecule has 4 saturated carbocycles. The molecule has 0 saturated heterocycles. The number of amides is 3. The monoisotopic (exact) mass is 454 g/mol. The molecule has 0 radical (unpaired) electrons. The molecular formula is C19H23IN2O3. The quantitative estimate of drug-likeness (QED) is 0.685. The molecule has 1 aromatic rings. The molecule has 134 valence electrons. The van der Waals surface area contributed by atoms with E-state index in [9.17, 15) is 9.59 Å². The molecule has 0 heterocycles. The summed E-state index contributed by atoms with van der Waals surface area (Å²) in [5.74, 6) is 2.50. The number of halogens is 1. The minimum absolute atomic E-state index is 0.0885. The summed E-state index contributed by atoms with van der Waals surface area (Å²) in [4.78, 5) is 24.3. The maximum Gasteiger partial charge on any atom is 0.321 e. The van der Waals surface area contributed by atoms with Crippen molar-refractivity contribution >= 4 is 34.5 Å². The Morgan fingerprint density at radius 1 is 1.08 bits per heavy atom. The number of para-hydroxylation sites is 1. The fourth-order valence-corrected chi connectivity index (χ4v) is 5.95. The van der Waals surface area contributed by atoms with Crippen LogP contribution in [0.25, 0.3) is 0 Å². The number of rotatable bonds is 4. The summed E-state index contributed by atoms with van der Waals surface area (Å²) in [7, 11) is 0. The highest BCUT2D eigenvalue weighted by Crippen LogP contribution is 2.55. The zero-order valence-corrected chi connectivity index (χ0v) is 16.3. The Bertz CT molecular complexity index is 656. The third-order valence-corrected chi connectivity index (χ3v) is 6.76. The maximum atomic E-state index is 12.3. The molecule has 1 aromatic carbocycles. The highest BCUT2D eigenvalue weighted by atomic mass is 127. The smallest absolute Gasteiger partial charge is 0.321 e. The predicted octanol–water partition coefficient (Wildman–Crippen LogP) is 3.46. The van der Waals surface area contributed by atoms with Crippen molar-refractivity contribution in [2.75, 3.05) is 6.61 Å². The number of carbonyl (C=O) groups excluding carboxylic acids is 2. The van der Waals surface area contributed by atoms with Gasteiger partial charge in [-0.25, -0.2) is 4.79 Å². The van der Waals surface area contributed by atoms with Crippen LogP contribution in [0.5, 0.6) is 5.75 Å². The normalized spacial score (nSPS) is 32.3. The number of ether oxygens (including phenoxy) is 1. The average Bonchev–Trinajstić information content (AvgIpc) is 2.52. The van der Waals surface area contributed by atoms with E-state index in [4.69, 9.17) is 4.74 Å². The number of carbonyl (C=O) groups is 2. The Morgan fingerprint density at radius 3 is 2.28 bits per heavy atom. The highest BCUT2D eigenvalue weighted by molar-refractivity contribution is 14.1. The van der Waals surface area contributed by atoms with Crippen LogP contribution in [0.1, 0.15) is 38.5 Å². The molecular weight excluding hydrogens is 431 g/mol. The van der Waals surface area contributed by atoms with Crippen LogP contribution in [0.2, 0.25) is 0 Å². The van der Waals surface area contributed by atoms with Crippen molar-refractivity contribution in [3.8, 4) is 5.75 Å². The minimum atomic E-state index is -0.415. The van der Waals surface area contributed by atoms with E-state index in [2.05, 4.69) is 33.2 Å². The largest absolute Gasteiger partial charge is 0.483 e. The Labute approximate surface area is 161 Å². The molecule has 2 N–H and O–H groups in total. The van der Waals surface area contributed by atoms with Crippen LogP contribution in [0.15, 0.2) is 24.3 Å². The van der Waals surface area contributed by atoms with Gasteiger partial charge in [0, 0.05) is 5.54 Å². The lowest BCUT2D eigenvalue weighted by molar-refractivity contribution is -0.122. The average molecular weight is 454 g/mol. The predicted molar refractivity (Wildman–Crippen MR) is 102 cm³/mol. The van der Waals surface area contributed by atoms with E-state index in [0.29, 0.717) is 5.75 Å². The van der Waals surface area contributed by atoms with Gasteiger partial charge in [-0.1, -0.05) is 12.1 Å². The van der Waals surface area contributed by atoms with E-state index in [1.165, 1.54) is 19.3 Å². The maximum absolute atomic E-state index is 12.3. The summed E-state index contributed by atoms with van der Waals surface area (Å²) in [5, 5.41) is 5.57. The first-order valence-electron chi connectivity index (χ1n) is 9.01. The van der Waals surface area contributed by atoms with Crippen molar-refractivity contribution in [1.82, 2.24) is 10.6 Å². The van der Waals surface area contributed by atoms with Crippen molar-refractivity contribution in [3.05, 3.63) is 27.8 Å². The SMILES string of the molecule is O=C(COc1ccccc1I)NC(=O)NC12CC3CC(CC(C3)C1)C2. The molecule has 5 nitrogen and oxygen atoms in total. The molecule has 4 aliphatic carbocycles. The second-order valence-corrected chi connectivity index (χ2v) is 9.08. The van der Waals surface area contributed by atoms with E-state index in [1.807, 2.05) is 24.3 Å². The number of nitrogens with one attached hydrogen (secondary N) is 2. The first kappa shape index (κ1) is 17.1. The van der Waals surface area contributed by atoms with Crippen LogP contribution in [0.3, 0.4) is 0 Å². The molecule has 6 heteroatoms. The lowest BCUT2D eigenvalue weighted by Crippen LogP contribution is -2.62. The van der Waals surface area contributed by atoms with Crippen molar-refractivity contribution in [2.24, 2.45) is 17.8 Å². The first-order valence-corrected chi connectivity index (χ1v) is 10.1. The second-order valence-electron chi connectivity index (χ2n) is 7.92. The van der Waals surface area contributed by atoms with Gasteiger partial charge in [0.15, 0.2) is 6.61 Å². The van der Waals surface area contributed by atoms with E-state index < -0.39 is 5.91 Å². The Kier molecular flexibility index (Phi) is 4.64. The summed E-state index contributed by atoms with van der Waals surface area (Å²) >= 11 is 2.15. The Balaban J connectivity index is 1.29. The van der Waals surface area contributed by atoms with Gasteiger partial charge in [0.05, 0.1) is 3.57 Å². The summed E-state index contributed by atoms with van der Waals surface area (Å²) in [5.41, 5.74) is -0.0885. The van der Waals surface area contributed by atoms with Gasteiger partial charge in [0.1, 0.15) is 5.75 Å². The second kappa shape index (κ2) is 6.78. The van der Waals surface area contributed by atoms with E-state index in [1.54, 1.807) is 0 Å². The van der Waals surface area contributed by atoms with Crippen LogP contribution in [0.4, 0.5) is 4.79 Å². The lowest BCUT2D eigenvalue weighted by Gasteiger charge is -2.56. The summed E-state index contributed by atoms with van der Waals surface area (Å²) in [6.45, 7) is -0.158. The minimum Gasteiger partial charge on any atom is -0.483 e. The highest BCUT2D eigenvalue weighted by Gasteiger charge is 2.51. The lowest BCUT2D eigenvalue weighted by atomic mass is 9.53. The third-order valence-electron chi connectivity index (χ3n) is 5.87. The van der Waals surface area contributed by atoms with E-state index >= 15 is 0 Å². The van der Waals surface area contributed by atoms with Gasteiger partial charge in [0.25, 0.3) is 5.91 Å². The molecule has 4 bridgehead atoms. The molecule has 0 atom stereocenters. The summed E-state index contributed by atoms with van der Waals surface area (Å²) in [6.07, 6.45) is 7.18. The Hall–Kier alpha value is -1.31. The van der Waals surface area contributed by atoms with E-state index in [0.717, 1.165) is 40.6 Å². The van der Waals surface area contributed by atoms with Gasteiger partial charge >= 0.3 is 6.03 Å². The molecule has 4 aliphatic rings. The fourth-order valence-electron chi connectivity index (χ4n) is 5.40. The number of benzene rings is 1. The zero-order valence-electron chi connectivity index (χ0n) is 14.1. The molecule has 0 aliphatic heterocycles. The number of imide groups is 1. The molecule has 0 unspecified atom stereocenters. The van der Waals surface area contributed by atoms with Gasteiger partial charge in [-0.3, -0.25) is 10.1 Å². The van der Waals surface area contributed by atoms with E-state index in [-0.39, 0.29) is 18.2 Å². The van der Waals surface area contributed by atoms with Gasteiger partial charge in [0.2, 0.25) is 0 Å². The van der Waals surface area contributed by atoms with Gasteiger partial charge in [-0.15, -0.1) is 0 Å². The number of hydrogen-bond acceptors (Lipinski definition) is 3. The Morgan fingerprint density at radius 2 is 1.68 bits per heavy atom. The topological polar surface area (TPSA) is 67.4 Å². The summed E-state index contributed by atoms with van der Waals surface area (Å²) in [6, 6.07) is 7.11. The summed E-state index contributed by atoms with van der Waals surface area (Å²) < 4.78 is 6.43. The molecule has 5 rings (SSSR count). The molecule has 0 aromatic heterocycles. The van der Waals surface area contributed by atoms with Crippen LogP contribution >= 0.6 is 22.6 Å². The molecule has 0 spiro atoms. The van der Waals surface area contributed by atoms with Crippen LogP contribution in [-0.2, 0) is 4.79 Å². The molecule has 25 heavy (non-hydrogen) atoms. The van der Waals surface area contributed by atoms with Crippen LogP contribution in [0, 0.1) is 21.3 Å².